The summed E-state index contributed by atoms with van der Waals surface area (Å²) in [5, 5.41) is 21.5. The first-order valence-corrected chi connectivity index (χ1v) is 4.61. The fourth-order valence-electron chi connectivity index (χ4n) is 0.883. The van der Waals surface area contributed by atoms with E-state index in [4.69, 9.17) is 15.9 Å². The largest absolute Gasteiger partial charge is 0.480 e. The Labute approximate surface area is 91.8 Å². The van der Waals surface area contributed by atoms with Crippen molar-refractivity contribution in [3.63, 3.8) is 0 Å². The lowest BCUT2D eigenvalue weighted by molar-refractivity contribution is -0.142. The molecule has 0 radical (unpaired) electrons. The highest BCUT2D eigenvalue weighted by Crippen LogP contribution is 1.90. The smallest absolute Gasteiger partial charge is 0.326 e. The summed E-state index contributed by atoms with van der Waals surface area (Å²) in [7, 11) is 0. The van der Waals surface area contributed by atoms with Gasteiger partial charge in [-0.3, -0.25) is 9.59 Å². The van der Waals surface area contributed by atoms with Crippen LogP contribution in [0.15, 0.2) is 0 Å². The van der Waals surface area contributed by atoms with Gasteiger partial charge < -0.3 is 26.6 Å². The average molecular weight is 233 g/mol. The third-order valence-electron chi connectivity index (χ3n) is 1.68. The second-order valence-electron chi connectivity index (χ2n) is 2.95. The number of amides is 2. The lowest BCUT2D eigenvalue weighted by Crippen LogP contribution is -2.46. The zero-order chi connectivity index (χ0) is 12.6. The van der Waals surface area contributed by atoms with Gasteiger partial charge in [0.2, 0.25) is 11.8 Å². The van der Waals surface area contributed by atoms with Gasteiger partial charge in [-0.15, -0.1) is 0 Å². The van der Waals surface area contributed by atoms with Crippen molar-refractivity contribution in [2.24, 2.45) is 5.73 Å². The fraction of sp³-hybridized carbons (Fsp3) is 0.625. The van der Waals surface area contributed by atoms with Crippen LogP contribution in [0.4, 0.5) is 0 Å². The van der Waals surface area contributed by atoms with Crippen molar-refractivity contribution in [1.82, 2.24) is 10.6 Å². The Morgan fingerprint density at radius 1 is 1.25 bits per heavy atom. The molecule has 0 aliphatic carbocycles. The molecule has 0 rings (SSSR count). The predicted molar refractivity (Wildman–Crippen MR) is 53.3 cm³/mol. The van der Waals surface area contributed by atoms with E-state index in [0.717, 1.165) is 0 Å². The van der Waals surface area contributed by atoms with Crippen LogP contribution in [0.3, 0.4) is 0 Å². The molecule has 0 aromatic heterocycles. The predicted octanol–water partition coefficient (Wildman–Crippen LogP) is -2.99. The van der Waals surface area contributed by atoms with Crippen molar-refractivity contribution in [2.75, 3.05) is 19.7 Å². The van der Waals surface area contributed by atoms with Crippen LogP contribution < -0.4 is 16.4 Å². The summed E-state index contributed by atoms with van der Waals surface area (Å²) in [4.78, 5) is 32.4. The van der Waals surface area contributed by atoms with E-state index in [-0.39, 0.29) is 26.1 Å². The third-order valence-corrected chi connectivity index (χ3v) is 1.68. The average Bonchev–Trinajstić information content (AvgIpc) is 2.25. The quantitative estimate of drug-likeness (QED) is 0.317. The van der Waals surface area contributed by atoms with E-state index in [0.29, 0.717) is 0 Å². The maximum absolute atomic E-state index is 11.1. The van der Waals surface area contributed by atoms with Crippen LogP contribution in [0.25, 0.3) is 0 Å². The summed E-state index contributed by atoms with van der Waals surface area (Å²) in [5.74, 6) is -2.40. The summed E-state index contributed by atoms with van der Waals surface area (Å²) in [5.41, 5.74) is 4.98. The van der Waals surface area contributed by atoms with Crippen LogP contribution in [-0.4, -0.2) is 53.7 Å². The van der Waals surface area contributed by atoms with Crippen LogP contribution in [0.1, 0.15) is 6.42 Å². The van der Waals surface area contributed by atoms with E-state index in [1.165, 1.54) is 0 Å². The minimum absolute atomic E-state index is 0.0914. The van der Waals surface area contributed by atoms with Crippen LogP contribution in [-0.2, 0) is 14.4 Å². The molecule has 0 bridgehead atoms. The molecule has 8 heteroatoms. The number of hydrogen-bond acceptors (Lipinski definition) is 5. The Balaban J connectivity index is 4.00. The molecule has 6 N–H and O–H groups in total. The number of carboxylic acids is 1. The number of carbonyl (C=O) groups excluding carboxylic acids is 2. The highest BCUT2D eigenvalue weighted by molar-refractivity contribution is 5.88. The van der Waals surface area contributed by atoms with E-state index in [1.807, 2.05) is 0 Å². The van der Waals surface area contributed by atoms with Crippen LogP contribution >= 0.6 is 0 Å². The Morgan fingerprint density at radius 3 is 2.31 bits per heavy atom. The molecule has 0 aromatic carbocycles. The lowest BCUT2D eigenvalue weighted by Gasteiger charge is -2.13. The van der Waals surface area contributed by atoms with Crippen LogP contribution in [0.5, 0.6) is 0 Å². The molecule has 0 saturated carbocycles. The minimum Gasteiger partial charge on any atom is -0.480 e. The molecule has 0 aliphatic rings. The van der Waals surface area contributed by atoms with E-state index < -0.39 is 23.8 Å². The molecular formula is C8H15N3O5. The Bertz CT molecular complexity index is 268. The first-order chi connectivity index (χ1) is 7.51. The molecule has 92 valence electrons. The Hall–Kier alpha value is -1.67. The summed E-state index contributed by atoms with van der Waals surface area (Å²) in [6, 6.07) is -1.16. The molecule has 1 atom stereocenters. The van der Waals surface area contributed by atoms with E-state index in [1.54, 1.807) is 0 Å². The number of rotatable bonds is 7. The summed E-state index contributed by atoms with van der Waals surface area (Å²) < 4.78 is 0. The Morgan fingerprint density at radius 2 is 1.88 bits per heavy atom. The summed E-state index contributed by atoms with van der Waals surface area (Å²) in [6.07, 6.45) is -0.0914. The van der Waals surface area contributed by atoms with Gasteiger partial charge >= 0.3 is 5.97 Å². The van der Waals surface area contributed by atoms with Gasteiger partial charge in [-0.2, -0.15) is 0 Å². The number of carboxylic acid groups (broad SMARTS) is 1. The highest BCUT2D eigenvalue weighted by Gasteiger charge is 2.18. The zero-order valence-corrected chi connectivity index (χ0v) is 8.60. The van der Waals surface area contributed by atoms with Gasteiger partial charge in [0.25, 0.3) is 0 Å². The molecule has 2 amide bonds. The van der Waals surface area contributed by atoms with Gasteiger partial charge in [0.15, 0.2) is 0 Å². The molecule has 16 heavy (non-hydrogen) atoms. The normalized spacial score (nSPS) is 11.6. The van der Waals surface area contributed by atoms with Gasteiger partial charge in [0, 0.05) is 13.0 Å². The fourth-order valence-corrected chi connectivity index (χ4v) is 0.883. The highest BCUT2D eigenvalue weighted by atomic mass is 16.4. The summed E-state index contributed by atoms with van der Waals surface area (Å²) >= 11 is 0. The molecule has 0 unspecified atom stereocenters. The standard InChI is InChI=1S/C8H15N3O5/c9-3-6(13)10-4-7(14)11-5(1-2-12)8(15)16/h5,12H,1-4,9H2,(H,10,13)(H,11,14)(H,15,16)/t5-/m0/s1. The van der Waals surface area contributed by atoms with Gasteiger partial charge in [-0.1, -0.05) is 0 Å². The molecule has 0 aliphatic heterocycles. The number of nitrogens with one attached hydrogen (secondary N) is 2. The lowest BCUT2D eigenvalue weighted by atomic mass is 10.2. The van der Waals surface area contributed by atoms with E-state index in [2.05, 4.69) is 10.6 Å². The number of carbonyl (C=O) groups is 3. The van der Waals surface area contributed by atoms with Crippen molar-refractivity contribution < 1.29 is 24.6 Å². The molecule has 8 nitrogen and oxygen atoms in total. The van der Waals surface area contributed by atoms with E-state index in [9.17, 15) is 14.4 Å². The van der Waals surface area contributed by atoms with Crippen molar-refractivity contribution in [1.29, 1.82) is 0 Å². The number of aliphatic hydroxyl groups is 1. The second-order valence-corrected chi connectivity index (χ2v) is 2.95. The monoisotopic (exact) mass is 233 g/mol. The number of aliphatic carboxylic acids is 1. The summed E-state index contributed by atoms with van der Waals surface area (Å²) in [6.45, 7) is -0.941. The van der Waals surface area contributed by atoms with Gasteiger partial charge in [0.1, 0.15) is 6.04 Å². The molecule has 0 aromatic rings. The zero-order valence-electron chi connectivity index (χ0n) is 8.60. The van der Waals surface area contributed by atoms with E-state index >= 15 is 0 Å². The molecule has 0 spiro atoms. The number of hydrogen-bond donors (Lipinski definition) is 5. The third kappa shape index (κ3) is 5.94. The molecular weight excluding hydrogens is 218 g/mol. The molecule has 0 saturated heterocycles. The van der Waals surface area contributed by atoms with Gasteiger partial charge in [0.05, 0.1) is 13.1 Å². The molecule has 0 heterocycles. The molecule has 0 fully saturated rings. The van der Waals surface area contributed by atoms with Crippen molar-refractivity contribution >= 4 is 17.8 Å². The second kappa shape index (κ2) is 7.60. The topological polar surface area (TPSA) is 142 Å². The van der Waals surface area contributed by atoms with Crippen molar-refractivity contribution in [3.8, 4) is 0 Å². The van der Waals surface area contributed by atoms with Gasteiger partial charge in [-0.05, 0) is 0 Å². The van der Waals surface area contributed by atoms with Crippen molar-refractivity contribution in [2.45, 2.75) is 12.5 Å². The van der Waals surface area contributed by atoms with Crippen LogP contribution in [0, 0.1) is 0 Å². The number of nitrogens with two attached hydrogens (primary N) is 1. The van der Waals surface area contributed by atoms with Gasteiger partial charge in [-0.25, -0.2) is 4.79 Å². The minimum atomic E-state index is -1.24. The maximum Gasteiger partial charge on any atom is 0.326 e. The van der Waals surface area contributed by atoms with Crippen LogP contribution in [0.2, 0.25) is 0 Å². The van der Waals surface area contributed by atoms with Crippen molar-refractivity contribution in [3.05, 3.63) is 0 Å². The number of aliphatic hydroxyl groups excluding tert-OH is 1. The first-order valence-electron chi connectivity index (χ1n) is 4.61. The SMILES string of the molecule is NCC(=O)NCC(=O)N[C@@H](CCO)C(=O)O. The Kier molecular flexibility index (Phi) is 6.81. The maximum atomic E-state index is 11.1. The first kappa shape index (κ1) is 14.3.